The fourth-order valence-corrected chi connectivity index (χ4v) is 4.30. The molecule has 5 nitrogen and oxygen atoms in total. The van der Waals surface area contributed by atoms with Crippen molar-refractivity contribution < 1.29 is 14.3 Å². The summed E-state index contributed by atoms with van der Waals surface area (Å²) in [5.74, 6) is 0.883. The van der Waals surface area contributed by atoms with E-state index in [9.17, 15) is 9.59 Å². The Hall–Kier alpha value is -3.60. The molecular formula is C25H22N2O3. The van der Waals surface area contributed by atoms with E-state index in [1.807, 2.05) is 30.3 Å². The maximum absolute atomic E-state index is 12.5. The first kappa shape index (κ1) is 18.4. The van der Waals surface area contributed by atoms with Crippen molar-refractivity contribution in [1.82, 2.24) is 4.90 Å². The topological polar surface area (TPSA) is 49.9 Å². The highest BCUT2D eigenvalue weighted by Gasteiger charge is 2.34. The van der Waals surface area contributed by atoms with Crippen molar-refractivity contribution in [2.24, 2.45) is 5.92 Å². The molecule has 0 saturated carbocycles. The third-order valence-corrected chi connectivity index (χ3v) is 5.89. The SMILES string of the molecule is C=CC(=O)N1CC(CN2C(=O)COc3cc(-c4cccc5ccccc45)ccc32)C1. The molecule has 0 aliphatic carbocycles. The van der Waals surface area contributed by atoms with Crippen molar-refractivity contribution in [1.29, 1.82) is 0 Å². The molecule has 1 saturated heterocycles. The number of hydrogen-bond donors (Lipinski definition) is 0. The van der Waals surface area contributed by atoms with Crippen LogP contribution in [0.2, 0.25) is 0 Å². The minimum atomic E-state index is -0.0558. The van der Waals surface area contributed by atoms with Crippen molar-refractivity contribution in [3.05, 3.63) is 73.3 Å². The molecule has 30 heavy (non-hydrogen) atoms. The van der Waals surface area contributed by atoms with E-state index in [0.29, 0.717) is 19.6 Å². The first-order valence-electron chi connectivity index (χ1n) is 10.1. The van der Waals surface area contributed by atoms with Crippen LogP contribution in [0.15, 0.2) is 73.3 Å². The van der Waals surface area contributed by atoms with Gasteiger partial charge >= 0.3 is 0 Å². The van der Waals surface area contributed by atoms with E-state index in [4.69, 9.17) is 4.74 Å². The Bertz CT molecular complexity index is 1160. The molecular weight excluding hydrogens is 376 g/mol. The average Bonchev–Trinajstić information content (AvgIpc) is 2.76. The lowest BCUT2D eigenvalue weighted by molar-refractivity contribution is -0.131. The largest absolute Gasteiger partial charge is 0.482 e. The number of benzene rings is 3. The van der Waals surface area contributed by atoms with Crippen LogP contribution in [0.25, 0.3) is 21.9 Å². The second-order valence-corrected chi connectivity index (χ2v) is 7.82. The molecule has 2 aliphatic heterocycles. The van der Waals surface area contributed by atoms with Gasteiger partial charge in [0.15, 0.2) is 6.61 Å². The zero-order chi connectivity index (χ0) is 20.7. The van der Waals surface area contributed by atoms with Gasteiger partial charge in [0.05, 0.1) is 5.69 Å². The number of amides is 2. The predicted octanol–water partition coefficient (Wildman–Crippen LogP) is 3.88. The number of rotatable bonds is 4. The minimum Gasteiger partial charge on any atom is -0.482 e. The highest BCUT2D eigenvalue weighted by atomic mass is 16.5. The first-order valence-corrected chi connectivity index (χ1v) is 10.1. The van der Waals surface area contributed by atoms with Crippen LogP contribution in [0.5, 0.6) is 5.75 Å². The molecule has 150 valence electrons. The monoisotopic (exact) mass is 398 g/mol. The van der Waals surface area contributed by atoms with Gasteiger partial charge in [-0.25, -0.2) is 0 Å². The molecule has 3 aromatic carbocycles. The number of hydrogen-bond acceptors (Lipinski definition) is 3. The van der Waals surface area contributed by atoms with E-state index in [-0.39, 0.29) is 24.3 Å². The molecule has 0 radical (unpaired) electrons. The fourth-order valence-electron chi connectivity index (χ4n) is 4.30. The number of carbonyl (C=O) groups is 2. The quantitative estimate of drug-likeness (QED) is 0.627. The molecule has 0 atom stereocenters. The first-order chi connectivity index (χ1) is 14.6. The van der Waals surface area contributed by atoms with Crippen LogP contribution in [-0.2, 0) is 9.59 Å². The minimum absolute atomic E-state index is 0.0357. The van der Waals surface area contributed by atoms with Crippen LogP contribution in [0.3, 0.4) is 0 Å². The maximum Gasteiger partial charge on any atom is 0.265 e. The molecule has 2 amide bonds. The molecule has 3 aromatic rings. The number of likely N-dealkylation sites (tertiary alicyclic amines) is 1. The van der Waals surface area contributed by atoms with E-state index >= 15 is 0 Å². The van der Waals surface area contributed by atoms with Gasteiger partial charge < -0.3 is 14.5 Å². The van der Waals surface area contributed by atoms with Gasteiger partial charge in [0.1, 0.15) is 5.75 Å². The molecule has 0 spiro atoms. The predicted molar refractivity (Wildman–Crippen MR) is 117 cm³/mol. The van der Waals surface area contributed by atoms with Crippen molar-refractivity contribution in [2.75, 3.05) is 31.1 Å². The lowest BCUT2D eigenvalue weighted by atomic mass is 9.96. The zero-order valence-electron chi connectivity index (χ0n) is 16.6. The standard InChI is InChI=1S/C25H22N2O3/c1-2-24(28)26-13-17(14-26)15-27-22-11-10-19(12-23(22)30-16-25(27)29)21-9-5-7-18-6-3-4-8-20(18)21/h2-12,17H,1,13-16H2. The maximum atomic E-state index is 12.5. The third kappa shape index (κ3) is 3.12. The fraction of sp³-hybridized carbons (Fsp3) is 0.200. The highest BCUT2D eigenvalue weighted by Crippen LogP contribution is 2.38. The molecule has 5 rings (SSSR count). The second kappa shape index (κ2) is 7.34. The summed E-state index contributed by atoms with van der Waals surface area (Å²) in [6, 6.07) is 20.6. The number of ether oxygens (including phenoxy) is 1. The summed E-state index contributed by atoms with van der Waals surface area (Å²) in [6.07, 6.45) is 1.33. The van der Waals surface area contributed by atoms with E-state index < -0.39 is 0 Å². The summed E-state index contributed by atoms with van der Waals surface area (Å²) in [4.78, 5) is 27.7. The van der Waals surface area contributed by atoms with E-state index in [0.717, 1.165) is 22.6 Å². The molecule has 2 aliphatic rings. The third-order valence-electron chi connectivity index (χ3n) is 5.89. The molecule has 0 unspecified atom stereocenters. The normalized spacial score (nSPS) is 16.1. The van der Waals surface area contributed by atoms with Crippen LogP contribution < -0.4 is 9.64 Å². The lowest BCUT2D eigenvalue weighted by Crippen LogP contribution is -2.55. The van der Waals surface area contributed by atoms with E-state index in [1.165, 1.54) is 16.8 Å². The summed E-state index contributed by atoms with van der Waals surface area (Å²) in [7, 11) is 0. The van der Waals surface area contributed by atoms with Gasteiger partial charge in [0.25, 0.3) is 5.91 Å². The Labute approximate surface area is 175 Å². The summed E-state index contributed by atoms with van der Waals surface area (Å²) in [6.45, 7) is 5.45. The summed E-state index contributed by atoms with van der Waals surface area (Å²) in [5.41, 5.74) is 3.00. The Morgan fingerprint density at radius 2 is 1.90 bits per heavy atom. The molecule has 5 heteroatoms. The van der Waals surface area contributed by atoms with Gasteiger partial charge in [0.2, 0.25) is 5.91 Å². The van der Waals surface area contributed by atoms with Crippen molar-refractivity contribution in [2.45, 2.75) is 0 Å². The van der Waals surface area contributed by atoms with Crippen molar-refractivity contribution >= 4 is 28.3 Å². The number of carbonyl (C=O) groups excluding carboxylic acids is 2. The Morgan fingerprint density at radius 3 is 2.73 bits per heavy atom. The number of fused-ring (bicyclic) bond motifs is 2. The number of nitrogens with zero attached hydrogens (tertiary/aromatic N) is 2. The Kier molecular flexibility index (Phi) is 4.51. The Balaban J connectivity index is 1.42. The Morgan fingerprint density at radius 1 is 1.10 bits per heavy atom. The van der Waals surface area contributed by atoms with Gasteiger partial charge in [-0.2, -0.15) is 0 Å². The zero-order valence-corrected chi connectivity index (χ0v) is 16.6. The van der Waals surface area contributed by atoms with E-state index in [2.05, 4.69) is 36.9 Å². The summed E-state index contributed by atoms with van der Waals surface area (Å²) in [5, 5.41) is 2.37. The molecule has 2 heterocycles. The van der Waals surface area contributed by atoms with Crippen LogP contribution in [0, 0.1) is 5.92 Å². The second-order valence-electron chi connectivity index (χ2n) is 7.82. The molecule has 1 fully saturated rings. The molecule has 0 bridgehead atoms. The summed E-state index contributed by atoms with van der Waals surface area (Å²) < 4.78 is 5.78. The van der Waals surface area contributed by atoms with Crippen LogP contribution in [0.4, 0.5) is 5.69 Å². The van der Waals surface area contributed by atoms with Crippen LogP contribution in [0.1, 0.15) is 0 Å². The molecule has 0 aromatic heterocycles. The van der Waals surface area contributed by atoms with E-state index in [1.54, 1.807) is 9.80 Å². The van der Waals surface area contributed by atoms with Crippen LogP contribution in [-0.4, -0.2) is 43.0 Å². The van der Waals surface area contributed by atoms with Crippen molar-refractivity contribution in [3.8, 4) is 16.9 Å². The smallest absolute Gasteiger partial charge is 0.265 e. The summed E-state index contributed by atoms with van der Waals surface area (Å²) >= 11 is 0. The number of anilines is 1. The molecule has 0 N–H and O–H groups in total. The van der Waals surface area contributed by atoms with Gasteiger partial charge in [-0.15, -0.1) is 0 Å². The average molecular weight is 398 g/mol. The highest BCUT2D eigenvalue weighted by molar-refractivity contribution is 6.00. The van der Waals surface area contributed by atoms with Gasteiger partial charge in [-0.05, 0) is 40.1 Å². The van der Waals surface area contributed by atoms with Gasteiger partial charge in [0, 0.05) is 25.6 Å². The van der Waals surface area contributed by atoms with Gasteiger partial charge in [-0.3, -0.25) is 9.59 Å². The lowest BCUT2D eigenvalue weighted by Gasteiger charge is -2.42. The van der Waals surface area contributed by atoms with Gasteiger partial charge in [-0.1, -0.05) is 55.1 Å². The van der Waals surface area contributed by atoms with Crippen LogP contribution >= 0.6 is 0 Å². The van der Waals surface area contributed by atoms with Crippen molar-refractivity contribution in [3.63, 3.8) is 0 Å².